The highest BCUT2D eigenvalue weighted by atomic mass is 32.2. The first-order valence-corrected chi connectivity index (χ1v) is 8.29. The zero-order valence-corrected chi connectivity index (χ0v) is 13.0. The fourth-order valence-corrected chi connectivity index (χ4v) is 3.36. The van der Waals surface area contributed by atoms with Gasteiger partial charge in [-0.25, -0.2) is 0 Å². The Bertz CT molecular complexity index is 567. The lowest BCUT2D eigenvalue weighted by Crippen LogP contribution is -2.27. The van der Waals surface area contributed by atoms with Crippen LogP contribution in [0.5, 0.6) is 0 Å². The van der Waals surface area contributed by atoms with Gasteiger partial charge in [0.15, 0.2) is 0 Å². The molecule has 1 heterocycles. The molecule has 2 rings (SSSR count). The first kappa shape index (κ1) is 14.9. The Morgan fingerprint density at radius 1 is 1.40 bits per heavy atom. The third kappa shape index (κ3) is 4.58. The van der Waals surface area contributed by atoms with Gasteiger partial charge in [0.2, 0.25) is 5.91 Å². The van der Waals surface area contributed by atoms with E-state index in [-0.39, 0.29) is 5.91 Å². The molecule has 0 saturated carbocycles. The summed E-state index contributed by atoms with van der Waals surface area (Å²) in [6.45, 7) is 2.71. The van der Waals surface area contributed by atoms with E-state index in [0.29, 0.717) is 12.3 Å². The highest BCUT2D eigenvalue weighted by molar-refractivity contribution is 8.00. The topological polar surface area (TPSA) is 55.1 Å². The summed E-state index contributed by atoms with van der Waals surface area (Å²) in [6, 6.07) is 9.88. The minimum Gasteiger partial charge on any atom is -0.399 e. The van der Waals surface area contributed by atoms with Gasteiger partial charge in [-0.15, -0.1) is 23.1 Å². The van der Waals surface area contributed by atoms with E-state index in [2.05, 4.69) is 16.8 Å². The number of hydrogen-bond donors (Lipinski definition) is 2. The monoisotopic (exact) mass is 306 g/mol. The smallest absolute Gasteiger partial charge is 0.230 e. The second-order valence-corrected chi connectivity index (χ2v) is 6.54. The minimum absolute atomic E-state index is 0.0633. The van der Waals surface area contributed by atoms with Gasteiger partial charge in [0.25, 0.3) is 0 Å². The van der Waals surface area contributed by atoms with Crippen molar-refractivity contribution in [3.05, 3.63) is 46.2 Å². The van der Waals surface area contributed by atoms with Gasteiger partial charge < -0.3 is 11.1 Å². The normalized spacial score (nSPS) is 10.4. The van der Waals surface area contributed by atoms with Gasteiger partial charge in [0.05, 0.1) is 5.75 Å². The standard InChI is InChI=1S/C15H18N2OS2/c1-11-4-5-12(16)9-14(11)20-10-15(18)17-7-6-13-3-2-8-19-13/h2-5,8-9H,6-7,10,16H2,1H3,(H,17,18). The number of aryl methyl sites for hydroxylation is 1. The molecular formula is C15H18N2OS2. The molecule has 0 atom stereocenters. The van der Waals surface area contributed by atoms with Gasteiger partial charge in [-0.2, -0.15) is 0 Å². The number of hydrogen-bond acceptors (Lipinski definition) is 4. The molecule has 0 radical (unpaired) electrons. The molecule has 2 aromatic rings. The zero-order valence-electron chi connectivity index (χ0n) is 11.4. The van der Waals surface area contributed by atoms with Crippen LogP contribution in [0.1, 0.15) is 10.4 Å². The van der Waals surface area contributed by atoms with E-state index in [1.165, 1.54) is 16.6 Å². The Morgan fingerprint density at radius 2 is 2.25 bits per heavy atom. The summed E-state index contributed by atoms with van der Waals surface area (Å²) in [6.07, 6.45) is 0.894. The number of thioether (sulfide) groups is 1. The van der Waals surface area contributed by atoms with Crippen LogP contribution >= 0.6 is 23.1 Å². The largest absolute Gasteiger partial charge is 0.399 e. The average Bonchev–Trinajstić information content (AvgIpc) is 2.93. The third-order valence-corrected chi connectivity index (χ3v) is 4.94. The Balaban J connectivity index is 1.73. The Labute approximate surface area is 127 Å². The maximum absolute atomic E-state index is 11.8. The average molecular weight is 306 g/mol. The van der Waals surface area contributed by atoms with Crippen LogP contribution in [0.25, 0.3) is 0 Å². The van der Waals surface area contributed by atoms with Crippen molar-refractivity contribution >= 4 is 34.7 Å². The van der Waals surface area contributed by atoms with Crippen LogP contribution < -0.4 is 11.1 Å². The minimum atomic E-state index is 0.0633. The molecule has 3 nitrogen and oxygen atoms in total. The van der Waals surface area contributed by atoms with E-state index in [1.807, 2.05) is 31.2 Å². The third-order valence-electron chi connectivity index (χ3n) is 2.84. The van der Waals surface area contributed by atoms with Crippen LogP contribution in [0.15, 0.2) is 40.6 Å². The van der Waals surface area contributed by atoms with Crippen LogP contribution in [-0.4, -0.2) is 18.2 Å². The van der Waals surface area contributed by atoms with Crippen molar-refractivity contribution in [3.8, 4) is 0 Å². The molecule has 5 heteroatoms. The molecular weight excluding hydrogens is 288 g/mol. The van der Waals surface area contributed by atoms with Crippen molar-refractivity contribution in [1.29, 1.82) is 0 Å². The van der Waals surface area contributed by atoms with Crippen LogP contribution in [-0.2, 0) is 11.2 Å². The van der Waals surface area contributed by atoms with E-state index < -0.39 is 0 Å². The van der Waals surface area contributed by atoms with Crippen molar-refractivity contribution in [2.75, 3.05) is 18.0 Å². The van der Waals surface area contributed by atoms with Crippen LogP contribution in [0.4, 0.5) is 5.69 Å². The first-order valence-electron chi connectivity index (χ1n) is 6.43. The summed E-state index contributed by atoms with van der Waals surface area (Å²) in [5, 5.41) is 4.99. The zero-order chi connectivity index (χ0) is 14.4. The summed E-state index contributed by atoms with van der Waals surface area (Å²) in [7, 11) is 0. The first-order chi connectivity index (χ1) is 9.65. The van der Waals surface area contributed by atoms with Crippen molar-refractivity contribution in [2.45, 2.75) is 18.2 Å². The predicted octanol–water partition coefficient (Wildman–Crippen LogP) is 3.09. The van der Waals surface area contributed by atoms with Crippen LogP contribution in [0.3, 0.4) is 0 Å². The highest BCUT2D eigenvalue weighted by Crippen LogP contribution is 2.24. The van der Waals surface area contributed by atoms with Gasteiger partial charge in [0, 0.05) is 22.0 Å². The number of benzene rings is 1. The molecule has 0 spiro atoms. The van der Waals surface area contributed by atoms with E-state index in [1.54, 1.807) is 11.3 Å². The second kappa shape index (κ2) is 7.36. The summed E-state index contributed by atoms with van der Waals surface area (Å²) < 4.78 is 0. The number of nitrogens with two attached hydrogens (primary N) is 1. The predicted molar refractivity (Wildman–Crippen MR) is 87.3 cm³/mol. The second-order valence-electron chi connectivity index (χ2n) is 4.49. The number of carbonyl (C=O) groups is 1. The van der Waals surface area contributed by atoms with Crippen molar-refractivity contribution in [3.63, 3.8) is 0 Å². The summed E-state index contributed by atoms with van der Waals surface area (Å²) >= 11 is 3.25. The lowest BCUT2D eigenvalue weighted by molar-refractivity contribution is -0.118. The number of nitrogens with one attached hydrogen (secondary N) is 1. The quantitative estimate of drug-likeness (QED) is 0.637. The molecule has 0 aliphatic rings. The molecule has 1 aromatic carbocycles. The Hall–Kier alpha value is -1.46. The lowest BCUT2D eigenvalue weighted by Gasteiger charge is -2.07. The number of anilines is 1. The molecule has 0 bridgehead atoms. The molecule has 0 unspecified atom stereocenters. The SMILES string of the molecule is Cc1ccc(N)cc1SCC(=O)NCCc1cccs1. The Morgan fingerprint density at radius 3 is 3.00 bits per heavy atom. The van der Waals surface area contributed by atoms with E-state index in [4.69, 9.17) is 5.73 Å². The highest BCUT2D eigenvalue weighted by Gasteiger charge is 2.05. The maximum atomic E-state index is 11.8. The summed E-state index contributed by atoms with van der Waals surface area (Å²) in [4.78, 5) is 14.1. The molecule has 0 aliphatic heterocycles. The number of nitrogen functional groups attached to an aromatic ring is 1. The van der Waals surface area contributed by atoms with E-state index in [9.17, 15) is 4.79 Å². The van der Waals surface area contributed by atoms with Gasteiger partial charge in [-0.05, 0) is 42.5 Å². The lowest BCUT2D eigenvalue weighted by atomic mass is 10.2. The van der Waals surface area contributed by atoms with Gasteiger partial charge in [-0.3, -0.25) is 4.79 Å². The van der Waals surface area contributed by atoms with Gasteiger partial charge >= 0.3 is 0 Å². The summed E-state index contributed by atoms with van der Waals surface area (Å²) in [5.74, 6) is 0.489. The van der Waals surface area contributed by atoms with Gasteiger partial charge in [-0.1, -0.05) is 12.1 Å². The fraction of sp³-hybridized carbons (Fsp3) is 0.267. The number of amides is 1. The van der Waals surface area contributed by atoms with Crippen molar-refractivity contribution in [2.24, 2.45) is 0 Å². The molecule has 0 aliphatic carbocycles. The molecule has 106 valence electrons. The number of thiophene rings is 1. The number of carbonyl (C=O) groups excluding carboxylic acids is 1. The van der Waals surface area contributed by atoms with E-state index >= 15 is 0 Å². The fourth-order valence-electron chi connectivity index (χ4n) is 1.75. The van der Waals surface area contributed by atoms with Crippen molar-refractivity contribution in [1.82, 2.24) is 5.32 Å². The van der Waals surface area contributed by atoms with Crippen LogP contribution in [0.2, 0.25) is 0 Å². The molecule has 1 aromatic heterocycles. The summed E-state index contributed by atoms with van der Waals surface area (Å²) in [5.41, 5.74) is 7.64. The molecule has 1 amide bonds. The van der Waals surface area contributed by atoms with E-state index in [0.717, 1.165) is 22.6 Å². The molecule has 0 saturated heterocycles. The van der Waals surface area contributed by atoms with Gasteiger partial charge in [0.1, 0.15) is 0 Å². The van der Waals surface area contributed by atoms with Crippen molar-refractivity contribution < 1.29 is 4.79 Å². The number of rotatable bonds is 6. The van der Waals surface area contributed by atoms with Crippen LogP contribution in [0, 0.1) is 6.92 Å². The maximum Gasteiger partial charge on any atom is 0.230 e. The molecule has 20 heavy (non-hydrogen) atoms. The Kier molecular flexibility index (Phi) is 5.49. The molecule has 0 fully saturated rings. The molecule has 3 N–H and O–H groups in total.